The molecule has 0 radical (unpaired) electrons. The predicted octanol–water partition coefficient (Wildman–Crippen LogP) is 12.4. The fourth-order valence-corrected chi connectivity index (χ4v) is 8.76. The van der Waals surface area contributed by atoms with Crippen LogP contribution in [-0.4, -0.2) is 13.7 Å². The van der Waals surface area contributed by atoms with E-state index in [0.717, 1.165) is 61.0 Å². The molecule has 0 bridgehead atoms. The summed E-state index contributed by atoms with van der Waals surface area (Å²) in [6.45, 7) is 0. The number of fused-ring (bicyclic) bond motifs is 9. The van der Waals surface area contributed by atoms with E-state index in [1.54, 1.807) is 0 Å². The third-order valence-corrected chi connectivity index (χ3v) is 11.1. The Balaban J connectivity index is 1.14. The van der Waals surface area contributed by atoms with Crippen molar-refractivity contribution in [1.29, 1.82) is 10.5 Å². The molecule has 5 heteroatoms. The lowest BCUT2D eigenvalue weighted by Crippen LogP contribution is -2.00. The van der Waals surface area contributed by atoms with Crippen molar-refractivity contribution < 1.29 is 0 Å². The van der Waals surface area contributed by atoms with Crippen LogP contribution >= 0.6 is 0 Å². The molecule has 0 aliphatic carbocycles. The van der Waals surface area contributed by atoms with Crippen LogP contribution in [0.1, 0.15) is 11.1 Å². The molecule has 0 atom stereocenters. The van der Waals surface area contributed by atoms with Gasteiger partial charge >= 0.3 is 0 Å². The van der Waals surface area contributed by atoms with Gasteiger partial charge in [0.2, 0.25) is 0 Å². The van der Waals surface area contributed by atoms with E-state index in [2.05, 4.69) is 159 Å². The molecular weight excluding hydrogens is 671 g/mol. The lowest BCUT2D eigenvalue weighted by Gasteiger charge is -2.16. The molecule has 0 saturated heterocycles. The first-order valence-electron chi connectivity index (χ1n) is 18.3. The third kappa shape index (κ3) is 4.45. The van der Waals surface area contributed by atoms with Gasteiger partial charge in [0.1, 0.15) is 6.07 Å². The Morgan fingerprint density at radius 3 is 1.44 bits per heavy atom. The Kier molecular flexibility index (Phi) is 6.61. The minimum absolute atomic E-state index is 0.549. The SMILES string of the molecule is N#Cc1ccc2c3ccccc3n(-c3ccc(-c4ccccc4-n4c5ccccc5c5ccc(-n6c7ccccc7c7ccccc76)cc54)cc3C#N)c2c1. The highest BCUT2D eigenvalue weighted by Gasteiger charge is 2.20. The van der Waals surface area contributed by atoms with Crippen LogP contribution in [0.3, 0.4) is 0 Å². The predicted molar refractivity (Wildman–Crippen MR) is 224 cm³/mol. The van der Waals surface area contributed by atoms with E-state index in [1.165, 1.54) is 32.6 Å². The van der Waals surface area contributed by atoms with Gasteiger partial charge in [-0.1, -0.05) is 109 Å². The first-order chi connectivity index (χ1) is 27.2. The second-order valence-corrected chi connectivity index (χ2v) is 14.0. The molecule has 0 spiro atoms. The van der Waals surface area contributed by atoms with Crippen LogP contribution in [0.15, 0.2) is 176 Å². The zero-order chi connectivity index (χ0) is 36.6. The third-order valence-electron chi connectivity index (χ3n) is 11.1. The summed E-state index contributed by atoms with van der Waals surface area (Å²) in [6.07, 6.45) is 0. The van der Waals surface area contributed by atoms with Crippen LogP contribution in [0.25, 0.3) is 93.6 Å². The van der Waals surface area contributed by atoms with E-state index < -0.39 is 0 Å². The Morgan fingerprint density at radius 2 is 0.836 bits per heavy atom. The number of nitrogens with zero attached hydrogens (tertiary/aromatic N) is 5. The molecule has 0 fully saturated rings. The van der Waals surface area contributed by atoms with E-state index in [-0.39, 0.29) is 0 Å². The van der Waals surface area contributed by atoms with Gasteiger partial charge < -0.3 is 13.7 Å². The summed E-state index contributed by atoms with van der Waals surface area (Å²) >= 11 is 0. The Bertz CT molecular complexity index is 3420. The van der Waals surface area contributed by atoms with Gasteiger partial charge in [-0.25, -0.2) is 0 Å². The summed E-state index contributed by atoms with van der Waals surface area (Å²) < 4.78 is 6.85. The number of hydrogen-bond donors (Lipinski definition) is 0. The van der Waals surface area contributed by atoms with E-state index in [0.29, 0.717) is 11.1 Å². The van der Waals surface area contributed by atoms with Crippen molar-refractivity contribution in [2.24, 2.45) is 0 Å². The number of aromatic nitrogens is 3. The van der Waals surface area contributed by atoms with Crippen molar-refractivity contribution in [3.63, 3.8) is 0 Å². The lowest BCUT2D eigenvalue weighted by atomic mass is 10.00. The monoisotopic (exact) mass is 699 g/mol. The highest BCUT2D eigenvalue weighted by molar-refractivity contribution is 6.13. The van der Waals surface area contributed by atoms with Crippen molar-refractivity contribution in [2.45, 2.75) is 0 Å². The molecule has 3 heterocycles. The highest BCUT2D eigenvalue weighted by atomic mass is 15.0. The maximum Gasteiger partial charge on any atom is 0.101 e. The number of rotatable bonds is 4. The zero-order valence-electron chi connectivity index (χ0n) is 29.5. The lowest BCUT2D eigenvalue weighted by molar-refractivity contribution is 1.15. The quantitative estimate of drug-likeness (QED) is 0.184. The van der Waals surface area contributed by atoms with Crippen molar-refractivity contribution in [2.75, 3.05) is 0 Å². The molecule has 0 amide bonds. The van der Waals surface area contributed by atoms with E-state index in [4.69, 9.17) is 0 Å². The van der Waals surface area contributed by atoms with Gasteiger partial charge in [0.05, 0.1) is 61.7 Å². The van der Waals surface area contributed by atoms with Gasteiger partial charge in [-0.15, -0.1) is 0 Å². The summed E-state index contributed by atoms with van der Waals surface area (Å²) in [7, 11) is 0. The van der Waals surface area contributed by atoms with Crippen molar-refractivity contribution in [3.05, 3.63) is 187 Å². The topological polar surface area (TPSA) is 62.4 Å². The standard InChI is InChI=1S/C50H29N5/c51-30-32-21-24-41-39-14-4-9-19-47(39)54(49(41)27-32)43-26-22-33(28-34(43)31-52)36-11-1-6-16-44(36)55-48-20-10-5-15-40(48)42-25-23-35(29-50(42)55)53-45-17-7-2-12-37(45)38-13-3-8-18-46(38)53/h1-29H. The van der Waals surface area contributed by atoms with Crippen molar-refractivity contribution in [1.82, 2.24) is 13.7 Å². The largest absolute Gasteiger partial charge is 0.309 e. The highest BCUT2D eigenvalue weighted by Crippen LogP contribution is 2.40. The van der Waals surface area contributed by atoms with Crippen LogP contribution in [0.5, 0.6) is 0 Å². The molecular formula is C50H29N5. The van der Waals surface area contributed by atoms with Crippen molar-refractivity contribution >= 4 is 65.4 Å². The Morgan fingerprint density at radius 1 is 0.345 bits per heavy atom. The molecule has 55 heavy (non-hydrogen) atoms. The molecule has 0 unspecified atom stereocenters. The summed E-state index contributed by atoms with van der Waals surface area (Å²) in [5.41, 5.74) is 12.4. The smallest absolute Gasteiger partial charge is 0.101 e. The Hall–Kier alpha value is -7.86. The zero-order valence-corrected chi connectivity index (χ0v) is 29.5. The van der Waals surface area contributed by atoms with E-state index >= 15 is 0 Å². The molecule has 0 aliphatic heterocycles. The summed E-state index contributed by atoms with van der Waals surface area (Å²) in [4.78, 5) is 0. The maximum absolute atomic E-state index is 10.7. The number of benzene rings is 8. The Labute approximate surface area is 316 Å². The summed E-state index contributed by atoms with van der Waals surface area (Å²) in [5.74, 6) is 0. The molecule has 254 valence electrons. The van der Waals surface area contributed by atoms with Crippen LogP contribution < -0.4 is 0 Å². The minimum Gasteiger partial charge on any atom is -0.309 e. The minimum atomic E-state index is 0.549. The first-order valence-corrected chi connectivity index (χ1v) is 18.3. The van der Waals surface area contributed by atoms with Crippen LogP contribution in [0.2, 0.25) is 0 Å². The average molecular weight is 700 g/mol. The van der Waals surface area contributed by atoms with Crippen LogP contribution in [-0.2, 0) is 0 Å². The molecule has 11 aromatic rings. The summed E-state index contributed by atoms with van der Waals surface area (Å²) in [6, 6.07) is 66.0. The van der Waals surface area contributed by atoms with Gasteiger partial charge in [-0.2, -0.15) is 10.5 Å². The van der Waals surface area contributed by atoms with Crippen LogP contribution in [0, 0.1) is 22.7 Å². The summed E-state index contributed by atoms with van der Waals surface area (Å²) in [5, 5.41) is 27.4. The van der Waals surface area contributed by atoms with Gasteiger partial charge in [0, 0.05) is 43.6 Å². The first kappa shape index (κ1) is 30.7. The molecule has 3 aromatic heterocycles. The molecule has 0 aliphatic rings. The fraction of sp³-hybridized carbons (Fsp3) is 0. The van der Waals surface area contributed by atoms with Gasteiger partial charge in [0.25, 0.3) is 0 Å². The normalized spacial score (nSPS) is 11.6. The maximum atomic E-state index is 10.7. The van der Waals surface area contributed by atoms with Gasteiger partial charge in [0.15, 0.2) is 0 Å². The molecule has 5 nitrogen and oxygen atoms in total. The van der Waals surface area contributed by atoms with Crippen LogP contribution in [0.4, 0.5) is 0 Å². The van der Waals surface area contributed by atoms with E-state index in [9.17, 15) is 10.5 Å². The molecule has 11 rings (SSSR count). The number of nitriles is 2. The number of para-hydroxylation sites is 5. The van der Waals surface area contributed by atoms with Gasteiger partial charge in [-0.3, -0.25) is 0 Å². The molecule has 0 saturated carbocycles. The van der Waals surface area contributed by atoms with E-state index in [1.807, 2.05) is 42.5 Å². The second-order valence-electron chi connectivity index (χ2n) is 14.0. The van der Waals surface area contributed by atoms with Crippen molar-refractivity contribution in [3.8, 4) is 40.3 Å². The molecule has 8 aromatic carbocycles. The number of hydrogen-bond acceptors (Lipinski definition) is 2. The molecule has 0 N–H and O–H groups in total. The van der Waals surface area contributed by atoms with Gasteiger partial charge in [-0.05, 0) is 72.3 Å². The fourth-order valence-electron chi connectivity index (χ4n) is 8.76. The average Bonchev–Trinajstić information content (AvgIpc) is 3.88. The second kappa shape index (κ2) is 11.8.